The van der Waals surface area contributed by atoms with E-state index in [-0.39, 0.29) is 35.3 Å². The third kappa shape index (κ3) is 5.20. The Labute approximate surface area is 159 Å². The SMILES string of the molecule is [N-]=[N+]=Nc1ccc(CCc2ccc(N=[N+]=[N-])cc2S(=O)(=O)O)c(S(=O)(=O)O)c1. The zero-order valence-electron chi connectivity index (χ0n) is 13.9. The van der Waals surface area contributed by atoms with E-state index in [1.807, 2.05) is 0 Å². The van der Waals surface area contributed by atoms with Crippen molar-refractivity contribution >= 4 is 31.6 Å². The van der Waals surface area contributed by atoms with Gasteiger partial charge in [-0.25, -0.2) is 0 Å². The predicted molar refractivity (Wildman–Crippen MR) is 97.5 cm³/mol. The number of benzene rings is 2. The molecule has 28 heavy (non-hydrogen) atoms. The van der Waals surface area contributed by atoms with E-state index >= 15 is 0 Å². The first-order valence-electron chi connectivity index (χ1n) is 7.37. The standard InChI is InChI=1S/C14H12N6O6S2/c15-19-17-11-5-3-9(13(7-11)27(21,22)23)1-2-10-4-6-12(18-20-16)8-14(10)28(24,25)26/h3-8H,1-2H2,(H,21,22,23)(H,24,25,26). The lowest BCUT2D eigenvalue weighted by Gasteiger charge is -2.11. The summed E-state index contributed by atoms with van der Waals surface area (Å²) in [5, 5.41) is 6.53. The van der Waals surface area contributed by atoms with Gasteiger partial charge in [-0.15, -0.1) is 0 Å². The van der Waals surface area contributed by atoms with Gasteiger partial charge in [-0.2, -0.15) is 16.8 Å². The van der Waals surface area contributed by atoms with Crippen LogP contribution in [0, 0.1) is 0 Å². The van der Waals surface area contributed by atoms with Crippen molar-refractivity contribution in [3.05, 3.63) is 68.4 Å². The van der Waals surface area contributed by atoms with Crippen LogP contribution in [0.4, 0.5) is 11.4 Å². The van der Waals surface area contributed by atoms with Crippen molar-refractivity contribution in [3.8, 4) is 0 Å². The fourth-order valence-corrected chi connectivity index (χ4v) is 4.02. The molecule has 0 spiro atoms. The second kappa shape index (κ2) is 8.27. The van der Waals surface area contributed by atoms with Gasteiger partial charge in [0, 0.05) is 21.2 Å². The molecule has 0 aromatic heterocycles. The van der Waals surface area contributed by atoms with Crippen LogP contribution >= 0.6 is 0 Å². The van der Waals surface area contributed by atoms with Gasteiger partial charge in [0.25, 0.3) is 20.2 Å². The fraction of sp³-hybridized carbons (Fsp3) is 0.143. The van der Waals surface area contributed by atoms with Gasteiger partial charge >= 0.3 is 0 Å². The Bertz CT molecular complexity index is 1130. The summed E-state index contributed by atoms with van der Waals surface area (Å²) in [5.41, 5.74) is 17.1. The van der Waals surface area contributed by atoms with Gasteiger partial charge in [0.15, 0.2) is 0 Å². The van der Waals surface area contributed by atoms with Crippen LogP contribution in [0.25, 0.3) is 20.9 Å². The van der Waals surface area contributed by atoms with Gasteiger partial charge in [-0.05, 0) is 47.2 Å². The van der Waals surface area contributed by atoms with Gasteiger partial charge in [-0.3, -0.25) is 9.11 Å². The molecule has 2 aromatic carbocycles. The lowest BCUT2D eigenvalue weighted by Crippen LogP contribution is -2.07. The van der Waals surface area contributed by atoms with E-state index in [2.05, 4.69) is 20.1 Å². The molecule has 0 heterocycles. The number of hydrogen-bond donors (Lipinski definition) is 2. The second-order valence-electron chi connectivity index (χ2n) is 5.41. The summed E-state index contributed by atoms with van der Waals surface area (Å²) in [4.78, 5) is 4.09. The van der Waals surface area contributed by atoms with Crippen LogP contribution in [0.15, 0.2) is 56.4 Å². The number of nitrogens with zero attached hydrogens (tertiary/aromatic N) is 6. The van der Waals surface area contributed by atoms with Crippen LogP contribution in [0.1, 0.15) is 11.1 Å². The smallest absolute Gasteiger partial charge is 0.282 e. The monoisotopic (exact) mass is 424 g/mol. The second-order valence-corrected chi connectivity index (χ2v) is 8.19. The Kier molecular flexibility index (Phi) is 6.26. The summed E-state index contributed by atoms with van der Waals surface area (Å²) in [6.45, 7) is 0. The molecule has 0 aliphatic rings. The predicted octanol–water partition coefficient (Wildman–Crippen LogP) is 3.85. The molecule has 0 saturated heterocycles. The molecule has 2 aromatic rings. The van der Waals surface area contributed by atoms with Crippen molar-refractivity contribution in [2.75, 3.05) is 0 Å². The largest absolute Gasteiger partial charge is 0.294 e. The molecule has 14 heteroatoms. The molecular formula is C14H12N6O6S2. The van der Waals surface area contributed by atoms with Crippen molar-refractivity contribution in [2.24, 2.45) is 10.2 Å². The Morgan fingerprint density at radius 3 is 1.39 bits per heavy atom. The van der Waals surface area contributed by atoms with Crippen molar-refractivity contribution in [1.82, 2.24) is 0 Å². The van der Waals surface area contributed by atoms with Crippen LogP contribution < -0.4 is 0 Å². The summed E-state index contributed by atoms with van der Waals surface area (Å²) in [7, 11) is -9.27. The highest BCUT2D eigenvalue weighted by Gasteiger charge is 2.19. The minimum absolute atomic E-state index is 0.0313. The highest BCUT2D eigenvalue weighted by molar-refractivity contribution is 7.86. The van der Waals surface area contributed by atoms with Crippen molar-refractivity contribution in [2.45, 2.75) is 22.6 Å². The van der Waals surface area contributed by atoms with E-state index in [0.29, 0.717) is 0 Å². The highest BCUT2D eigenvalue weighted by atomic mass is 32.2. The minimum Gasteiger partial charge on any atom is -0.282 e. The molecule has 12 nitrogen and oxygen atoms in total. The first-order valence-corrected chi connectivity index (χ1v) is 10.3. The maximum absolute atomic E-state index is 11.6. The van der Waals surface area contributed by atoms with Crippen LogP contribution in [0.2, 0.25) is 0 Å². The molecular weight excluding hydrogens is 412 g/mol. The number of hydrogen-bond acceptors (Lipinski definition) is 6. The lowest BCUT2D eigenvalue weighted by molar-refractivity contribution is 0.479. The number of azide groups is 2. The van der Waals surface area contributed by atoms with Gasteiger partial charge in [0.05, 0.1) is 9.79 Å². The first-order chi connectivity index (χ1) is 13.1. The Morgan fingerprint density at radius 2 is 1.11 bits per heavy atom. The van der Waals surface area contributed by atoms with Crippen molar-refractivity contribution < 1.29 is 25.9 Å². The molecule has 0 atom stereocenters. The van der Waals surface area contributed by atoms with Crippen molar-refractivity contribution in [3.63, 3.8) is 0 Å². The van der Waals surface area contributed by atoms with Crippen LogP contribution in [-0.2, 0) is 33.1 Å². The molecule has 0 bridgehead atoms. The summed E-state index contributed by atoms with van der Waals surface area (Å²) in [6, 6.07) is 7.26. The fourth-order valence-electron chi connectivity index (χ4n) is 2.48. The topological polar surface area (TPSA) is 206 Å². The van der Waals surface area contributed by atoms with Gasteiger partial charge < -0.3 is 0 Å². The maximum atomic E-state index is 11.6. The van der Waals surface area contributed by atoms with E-state index < -0.39 is 30.0 Å². The molecule has 2 N–H and O–H groups in total. The molecule has 0 saturated carbocycles. The molecule has 0 amide bonds. The zero-order chi connectivity index (χ0) is 20.9. The third-order valence-electron chi connectivity index (χ3n) is 3.64. The van der Waals surface area contributed by atoms with Gasteiger partial charge in [0.1, 0.15) is 0 Å². The molecule has 0 aliphatic heterocycles. The quantitative estimate of drug-likeness (QED) is 0.292. The summed E-state index contributed by atoms with van der Waals surface area (Å²) in [5.74, 6) is 0. The normalized spacial score (nSPS) is 11.4. The molecule has 0 aliphatic carbocycles. The van der Waals surface area contributed by atoms with Crippen LogP contribution in [-0.4, -0.2) is 25.9 Å². The molecule has 0 fully saturated rings. The summed E-state index contributed by atoms with van der Waals surface area (Å²) < 4.78 is 65.2. The van der Waals surface area contributed by atoms with E-state index in [1.165, 1.54) is 24.3 Å². The maximum Gasteiger partial charge on any atom is 0.294 e. The lowest BCUT2D eigenvalue weighted by atomic mass is 10.0. The average Bonchev–Trinajstić information content (AvgIpc) is 2.60. The van der Waals surface area contributed by atoms with E-state index in [0.717, 1.165) is 12.1 Å². The van der Waals surface area contributed by atoms with Crippen LogP contribution in [0.5, 0.6) is 0 Å². The van der Waals surface area contributed by atoms with Gasteiger partial charge in [-0.1, -0.05) is 34.5 Å². The van der Waals surface area contributed by atoms with E-state index in [1.54, 1.807) is 0 Å². The molecule has 146 valence electrons. The highest BCUT2D eigenvalue weighted by Crippen LogP contribution is 2.27. The zero-order valence-corrected chi connectivity index (χ0v) is 15.5. The Hall–Kier alpha value is -3.12. The number of rotatable bonds is 7. The van der Waals surface area contributed by atoms with E-state index in [9.17, 15) is 25.9 Å². The molecule has 2 rings (SSSR count). The molecule has 0 radical (unpaired) electrons. The Morgan fingerprint density at radius 1 is 0.750 bits per heavy atom. The van der Waals surface area contributed by atoms with E-state index in [4.69, 9.17) is 11.1 Å². The summed E-state index contributed by atoms with van der Waals surface area (Å²) >= 11 is 0. The Balaban J connectivity index is 2.47. The minimum atomic E-state index is -4.64. The number of aryl methyl sites for hydroxylation is 2. The molecule has 0 unspecified atom stereocenters. The van der Waals surface area contributed by atoms with Gasteiger partial charge in [0.2, 0.25) is 0 Å². The average molecular weight is 424 g/mol. The van der Waals surface area contributed by atoms with Crippen molar-refractivity contribution in [1.29, 1.82) is 0 Å². The van der Waals surface area contributed by atoms with Crippen LogP contribution in [0.3, 0.4) is 0 Å². The first kappa shape index (κ1) is 21.2. The summed E-state index contributed by atoms with van der Waals surface area (Å²) in [6.07, 6.45) is -0.0654. The third-order valence-corrected chi connectivity index (χ3v) is 5.51.